The van der Waals surface area contributed by atoms with Crippen molar-refractivity contribution in [2.24, 2.45) is 5.73 Å². The van der Waals surface area contributed by atoms with Crippen LogP contribution >= 0.6 is 0 Å². The first-order valence-electron chi connectivity index (χ1n) is 2.13. The van der Waals surface area contributed by atoms with Gasteiger partial charge in [0.05, 0.1) is 6.07 Å². The molecular weight excluding hydrogens is 124 g/mol. The number of hydrogen-bond donors (Lipinski definition) is 1. The average Bonchev–Trinajstić information content (AvgIpc) is 2.14. The molecule has 5 heteroatoms. The summed E-state index contributed by atoms with van der Waals surface area (Å²) in [6, 6.07) is 0.933. The molecule has 5 nitrogen and oxygen atoms in total. The topological polar surface area (TPSA) is 89.0 Å². The molecule has 0 saturated heterocycles. The number of nitrogens with zero attached hydrogens (tertiary/aromatic N) is 1. The third-order valence-electron chi connectivity index (χ3n) is 0.741. The van der Waals surface area contributed by atoms with Crippen molar-refractivity contribution in [1.29, 1.82) is 0 Å². The molecule has 47 valence electrons. The van der Waals surface area contributed by atoms with E-state index in [9.17, 15) is 9.90 Å². The van der Waals surface area contributed by atoms with Crippen LogP contribution in [-0.4, -0.2) is 11.1 Å². The molecule has 0 spiro atoms. The van der Waals surface area contributed by atoms with Crippen LogP contribution in [0.3, 0.4) is 0 Å². The number of aromatic nitrogens is 1. The summed E-state index contributed by atoms with van der Waals surface area (Å²) in [5.41, 5.74) is 4.59. The van der Waals surface area contributed by atoms with Crippen LogP contribution in [0.5, 0.6) is 5.95 Å². The predicted octanol–water partition coefficient (Wildman–Crippen LogP) is -0.0827. The zero-order valence-corrected chi connectivity index (χ0v) is 4.33. The Bertz CT molecular complexity index is 229. The van der Waals surface area contributed by atoms with Gasteiger partial charge >= 0.3 is 5.95 Å². The maximum absolute atomic E-state index is 10.2. The van der Waals surface area contributed by atoms with Crippen molar-refractivity contribution >= 4 is 5.91 Å². The van der Waals surface area contributed by atoms with Crippen LogP contribution in [0.25, 0.3) is 0 Å². The van der Waals surface area contributed by atoms with Crippen molar-refractivity contribution in [1.82, 2.24) is 5.16 Å². The van der Waals surface area contributed by atoms with Gasteiger partial charge in [-0.05, 0) is 0 Å². The molecule has 0 saturated carbocycles. The standard InChI is InChI=1S/C4H3N2O3/c5-4(8)2-1-3(7)9-6-2/h1H,(H2,5,8). The summed E-state index contributed by atoms with van der Waals surface area (Å²) in [7, 11) is 0. The quantitative estimate of drug-likeness (QED) is 0.571. The van der Waals surface area contributed by atoms with Gasteiger partial charge in [0.1, 0.15) is 0 Å². The molecule has 0 aromatic carbocycles. The van der Waals surface area contributed by atoms with Crippen molar-refractivity contribution < 1.29 is 14.4 Å². The summed E-state index contributed by atoms with van der Waals surface area (Å²) in [4.78, 5) is 10.2. The number of rotatable bonds is 1. The molecule has 0 unspecified atom stereocenters. The molecule has 2 N–H and O–H groups in total. The Labute approximate surface area is 50.1 Å². The fourth-order valence-corrected chi connectivity index (χ4v) is 0.375. The monoisotopic (exact) mass is 127 g/mol. The molecule has 1 amide bonds. The Kier molecular flexibility index (Phi) is 1.11. The normalized spacial score (nSPS) is 9.33. The van der Waals surface area contributed by atoms with Gasteiger partial charge in [-0.3, -0.25) is 4.79 Å². The lowest BCUT2D eigenvalue weighted by molar-refractivity contribution is 0.0991. The molecular formula is C4H3N2O3. The summed E-state index contributed by atoms with van der Waals surface area (Å²) in [6.07, 6.45) is 0. The lowest BCUT2D eigenvalue weighted by Gasteiger charge is -1.76. The van der Waals surface area contributed by atoms with Crippen molar-refractivity contribution in [2.75, 3.05) is 0 Å². The van der Waals surface area contributed by atoms with E-state index in [0.717, 1.165) is 6.07 Å². The fourth-order valence-electron chi connectivity index (χ4n) is 0.375. The van der Waals surface area contributed by atoms with Gasteiger partial charge in [-0.15, -0.1) is 0 Å². The molecule has 1 aromatic rings. The molecule has 1 rings (SSSR count). The molecule has 0 bridgehead atoms. The maximum Gasteiger partial charge on any atom is 0.361 e. The van der Waals surface area contributed by atoms with Gasteiger partial charge in [0.25, 0.3) is 5.91 Å². The van der Waals surface area contributed by atoms with Gasteiger partial charge in [-0.25, -0.2) is 5.11 Å². The van der Waals surface area contributed by atoms with Crippen LogP contribution in [0.4, 0.5) is 0 Å². The molecule has 1 radical (unpaired) electrons. The molecule has 1 aromatic heterocycles. The number of amides is 1. The molecule has 0 fully saturated rings. The van der Waals surface area contributed by atoms with E-state index in [2.05, 4.69) is 9.68 Å². The molecule has 0 aliphatic rings. The van der Waals surface area contributed by atoms with E-state index in [4.69, 9.17) is 5.73 Å². The molecule has 9 heavy (non-hydrogen) atoms. The minimum atomic E-state index is -0.763. The number of carbonyl (C=O) groups is 1. The third kappa shape index (κ3) is 0.987. The van der Waals surface area contributed by atoms with E-state index in [0.29, 0.717) is 0 Å². The first kappa shape index (κ1) is 5.61. The van der Waals surface area contributed by atoms with Gasteiger partial charge in [0, 0.05) is 0 Å². The highest BCUT2D eigenvalue weighted by Crippen LogP contribution is 2.08. The smallest absolute Gasteiger partial charge is 0.361 e. The highest BCUT2D eigenvalue weighted by atomic mass is 16.5. The second-order valence-electron chi connectivity index (χ2n) is 1.40. The van der Waals surface area contributed by atoms with E-state index in [1.54, 1.807) is 0 Å². The summed E-state index contributed by atoms with van der Waals surface area (Å²) < 4.78 is 4.02. The van der Waals surface area contributed by atoms with Crippen molar-refractivity contribution in [3.8, 4) is 5.95 Å². The van der Waals surface area contributed by atoms with Gasteiger partial charge in [0.15, 0.2) is 5.69 Å². The average molecular weight is 127 g/mol. The maximum atomic E-state index is 10.2. The second kappa shape index (κ2) is 1.77. The molecule has 0 atom stereocenters. The van der Waals surface area contributed by atoms with Gasteiger partial charge < -0.3 is 10.3 Å². The fraction of sp³-hybridized carbons (Fsp3) is 0. The molecule has 1 heterocycles. The number of carbonyl (C=O) groups excluding carboxylic acids is 1. The molecule has 0 aliphatic heterocycles. The van der Waals surface area contributed by atoms with E-state index in [1.807, 2.05) is 0 Å². The third-order valence-corrected chi connectivity index (χ3v) is 0.741. The minimum Gasteiger partial charge on any atom is -0.364 e. The Morgan fingerprint density at radius 1 is 1.78 bits per heavy atom. The van der Waals surface area contributed by atoms with Crippen molar-refractivity contribution in [2.45, 2.75) is 0 Å². The first-order chi connectivity index (χ1) is 4.20. The zero-order valence-electron chi connectivity index (χ0n) is 4.33. The number of primary amides is 1. The van der Waals surface area contributed by atoms with Crippen LogP contribution in [0.1, 0.15) is 10.5 Å². The second-order valence-corrected chi connectivity index (χ2v) is 1.40. The zero-order chi connectivity index (χ0) is 6.85. The Morgan fingerprint density at radius 2 is 2.44 bits per heavy atom. The SMILES string of the molecule is NC(=O)c1cc([O])on1. The highest BCUT2D eigenvalue weighted by Gasteiger charge is 2.07. The largest absolute Gasteiger partial charge is 0.364 e. The summed E-state index contributed by atoms with van der Waals surface area (Å²) >= 11 is 0. The molecule has 0 aliphatic carbocycles. The van der Waals surface area contributed by atoms with Crippen LogP contribution in [0.15, 0.2) is 10.6 Å². The summed E-state index contributed by atoms with van der Waals surface area (Å²) in [5.74, 6) is -1.43. The Morgan fingerprint density at radius 3 is 2.67 bits per heavy atom. The Hall–Kier alpha value is -1.52. The number of nitrogens with two attached hydrogens (primary N) is 1. The van der Waals surface area contributed by atoms with Crippen LogP contribution in [0.2, 0.25) is 0 Å². The van der Waals surface area contributed by atoms with Gasteiger partial charge in [0.2, 0.25) is 0 Å². The summed E-state index contributed by atoms with van der Waals surface area (Å²) in [6.45, 7) is 0. The van der Waals surface area contributed by atoms with Gasteiger partial charge in [-0.1, -0.05) is 5.16 Å². The van der Waals surface area contributed by atoms with Crippen LogP contribution < -0.4 is 5.73 Å². The van der Waals surface area contributed by atoms with Crippen molar-refractivity contribution in [3.05, 3.63) is 11.8 Å². The predicted molar refractivity (Wildman–Crippen MR) is 25.2 cm³/mol. The van der Waals surface area contributed by atoms with E-state index in [1.165, 1.54) is 0 Å². The Balaban J connectivity index is 2.98. The number of hydrogen-bond acceptors (Lipinski definition) is 3. The van der Waals surface area contributed by atoms with E-state index < -0.39 is 11.9 Å². The van der Waals surface area contributed by atoms with Crippen LogP contribution in [0, 0.1) is 0 Å². The lowest BCUT2D eigenvalue weighted by Crippen LogP contribution is -2.10. The van der Waals surface area contributed by atoms with Gasteiger partial charge in [-0.2, -0.15) is 0 Å². The van der Waals surface area contributed by atoms with E-state index >= 15 is 0 Å². The summed E-state index contributed by atoms with van der Waals surface area (Å²) in [5, 5.41) is 13.2. The minimum absolute atomic E-state index is 0.139. The first-order valence-corrected chi connectivity index (χ1v) is 2.13. The van der Waals surface area contributed by atoms with Crippen molar-refractivity contribution in [3.63, 3.8) is 0 Å². The van der Waals surface area contributed by atoms with Crippen LogP contribution in [-0.2, 0) is 5.11 Å². The highest BCUT2D eigenvalue weighted by molar-refractivity contribution is 5.90. The van der Waals surface area contributed by atoms with E-state index in [-0.39, 0.29) is 5.69 Å². The lowest BCUT2D eigenvalue weighted by atomic mass is 10.4.